The molecule has 1 heterocycles. The molecule has 0 saturated heterocycles. The van der Waals surface area contributed by atoms with Crippen LogP contribution >= 0.6 is 27.7 Å². The number of amidine groups is 1. The molecule has 1 saturated carbocycles. The molecule has 3 atom stereocenters. The van der Waals surface area contributed by atoms with Crippen molar-refractivity contribution in [1.29, 1.82) is 0 Å². The summed E-state index contributed by atoms with van der Waals surface area (Å²) in [4.78, 5) is 17.6. The third kappa shape index (κ3) is 4.93. The third-order valence-electron chi connectivity index (χ3n) is 5.91. The van der Waals surface area contributed by atoms with Crippen molar-refractivity contribution in [3.05, 3.63) is 34.1 Å². The molecule has 32 heavy (non-hydrogen) atoms. The van der Waals surface area contributed by atoms with Gasteiger partial charge in [-0.1, -0.05) is 47.3 Å². The minimum atomic E-state index is -3.60. The molecule has 178 valence electrons. The Balaban J connectivity index is 2.01. The zero-order valence-electron chi connectivity index (χ0n) is 18.7. The lowest BCUT2D eigenvalue weighted by molar-refractivity contribution is 0.0702. The fourth-order valence-corrected chi connectivity index (χ4v) is 8.45. The molecule has 0 unspecified atom stereocenters. The van der Waals surface area contributed by atoms with Crippen LogP contribution in [0.1, 0.15) is 18.9 Å². The first kappa shape index (κ1) is 25.7. The van der Waals surface area contributed by atoms with Crippen LogP contribution in [0.3, 0.4) is 0 Å². The zero-order chi connectivity index (χ0) is 24.1. The number of nitrogens with zero attached hydrogens (tertiary/aromatic N) is 2. The molecule has 0 spiro atoms. The first-order valence-corrected chi connectivity index (χ1v) is 17.3. The molecule has 0 bridgehead atoms. The molecular formula is C20H28BrFN2O5S2Si. The second kappa shape index (κ2) is 8.68. The number of hydrogen-bond acceptors (Lipinski definition) is 6. The smallest absolute Gasteiger partial charge is 0.415 e. The second-order valence-corrected chi connectivity index (χ2v) is 20.0. The van der Waals surface area contributed by atoms with Crippen molar-refractivity contribution in [2.45, 2.75) is 48.6 Å². The number of ether oxygens (including phenoxy) is 1. The fourth-order valence-electron chi connectivity index (χ4n) is 3.88. The minimum Gasteiger partial charge on any atom is -0.465 e. The molecule has 1 fully saturated rings. The van der Waals surface area contributed by atoms with E-state index in [0.717, 1.165) is 29.0 Å². The molecular weight excluding hydrogens is 539 g/mol. The van der Waals surface area contributed by atoms with Crippen LogP contribution < -0.4 is 0 Å². The Morgan fingerprint density at radius 1 is 1.44 bits per heavy atom. The number of rotatable bonds is 7. The van der Waals surface area contributed by atoms with Gasteiger partial charge in [-0.2, -0.15) is 0 Å². The number of hydrogen-bond donors (Lipinski definition) is 1. The standard InChI is InChI=1S/C20H28BrFN2O5S2Si/c1-19(14-10-13(21)6-7-15(14)22)16-11-20(16,31(2,27)28)30-17(23-19)24(18(25)26)12-29-8-9-32(3,4)5/h6-7,10,16H,8-9,11-12H2,1-5H3,(H,25,26)/t16-,19+,20+/m0/s1. The lowest BCUT2D eigenvalue weighted by Crippen LogP contribution is -2.45. The summed E-state index contributed by atoms with van der Waals surface area (Å²) in [5.41, 5.74) is -1.02. The molecule has 1 aromatic rings. The van der Waals surface area contributed by atoms with Crippen molar-refractivity contribution in [1.82, 2.24) is 4.90 Å². The quantitative estimate of drug-likeness (QED) is 0.284. The highest BCUT2D eigenvalue weighted by molar-refractivity contribution is 9.10. The molecule has 0 radical (unpaired) electrons. The van der Waals surface area contributed by atoms with E-state index in [1.807, 2.05) is 0 Å². The van der Waals surface area contributed by atoms with E-state index in [-0.39, 0.29) is 23.9 Å². The van der Waals surface area contributed by atoms with Crippen molar-refractivity contribution in [2.24, 2.45) is 10.9 Å². The first-order chi connectivity index (χ1) is 14.6. The summed E-state index contributed by atoms with van der Waals surface area (Å²) in [7, 11) is -4.96. The van der Waals surface area contributed by atoms with Gasteiger partial charge in [0.05, 0.1) is 5.54 Å². The number of fused-ring (bicyclic) bond motifs is 1. The van der Waals surface area contributed by atoms with Gasteiger partial charge in [0.2, 0.25) is 0 Å². The molecule has 3 rings (SSSR count). The van der Waals surface area contributed by atoms with Gasteiger partial charge in [-0.15, -0.1) is 0 Å². The first-order valence-electron chi connectivity index (χ1n) is 10.1. The predicted molar refractivity (Wildman–Crippen MR) is 131 cm³/mol. The maximum atomic E-state index is 14.9. The SMILES string of the molecule is C[C@]1(c2cc(Br)ccc2F)N=C(N(COCC[Si](C)(C)C)C(=O)O)S[C@@]2(S(C)(=O)=O)C[C@H]21. The van der Waals surface area contributed by atoms with Crippen LogP contribution in [-0.2, 0) is 20.1 Å². The lowest BCUT2D eigenvalue weighted by atomic mass is 9.87. The highest BCUT2D eigenvalue weighted by Crippen LogP contribution is 2.68. The lowest BCUT2D eigenvalue weighted by Gasteiger charge is -2.36. The van der Waals surface area contributed by atoms with Gasteiger partial charge in [0, 0.05) is 36.9 Å². The Bertz CT molecular complexity index is 1060. The average Bonchev–Trinajstić information content (AvgIpc) is 3.39. The summed E-state index contributed by atoms with van der Waals surface area (Å²) >= 11 is 4.26. The van der Waals surface area contributed by atoms with Crippen molar-refractivity contribution in [2.75, 3.05) is 19.6 Å². The number of halogens is 2. The summed E-state index contributed by atoms with van der Waals surface area (Å²) in [6, 6.07) is 5.28. The number of carboxylic acid groups (broad SMARTS) is 1. The van der Waals surface area contributed by atoms with Crippen molar-refractivity contribution in [3.63, 3.8) is 0 Å². The third-order valence-corrected chi connectivity index (χ3v) is 12.3. The van der Waals surface area contributed by atoms with E-state index in [1.165, 1.54) is 6.07 Å². The minimum absolute atomic E-state index is 0.00607. The molecule has 1 aliphatic carbocycles. The van der Waals surface area contributed by atoms with Crippen LogP contribution in [0, 0.1) is 11.7 Å². The van der Waals surface area contributed by atoms with Crippen LogP contribution in [0.5, 0.6) is 0 Å². The van der Waals surface area contributed by atoms with Gasteiger partial charge in [-0.05, 0) is 37.6 Å². The van der Waals surface area contributed by atoms with Crippen LogP contribution in [0.4, 0.5) is 9.18 Å². The number of carbonyl (C=O) groups is 1. The Labute approximate surface area is 201 Å². The topological polar surface area (TPSA) is 96.3 Å². The largest absolute Gasteiger partial charge is 0.465 e. The maximum Gasteiger partial charge on any atom is 0.415 e. The second-order valence-electron chi connectivity index (χ2n) is 9.67. The Kier molecular flexibility index (Phi) is 6.96. The number of amides is 1. The van der Waals surface area contributed by atoms with Crippen LogP contribution in [0.25, 0.3) is 0 Å². The zero-order valence-corrected chi connectivity index (χ0v) is 22.9. The Morgan fingerprint density at radius 2 is 2.09 bits per heavy atom. The number of aliphatic imine (C=N–C) groups is 1. The van der Waals surface area contributed by atoms with Gasteiger partial charge in [-0.3, -0.25) is 4.99 Å². The van der Waals surface area contributed by atoms with Gasteiger partial charge in [0.1, 0.15) is 16.6 Å². The summed E-state index contributed by atoms with van der Waals surface area (Å²) in [6.45, 7) is 8.36. The number of benzene rings is 1. The molecule has 0 aromatic heterocycles. The van der Waals surface area contributed by atoms with Crippen LogP contribution in [0.15, 0.2) is 27.7 Å². The van der Waals surface area contributed by atoms with Gasteiger partial charge < -0.3 is 9.84 Å². The summed E-state index contributed by atoms with van der Waals surface area (Å²) in [5, 5.41) is 9.85. The van der Waals surface area contributed by atoms with Crippen molar-refractivity contribution >= 4 is 56.9 Å². The van der Waals surface area contributed by atoms with Crippen molar-refractivity contribution < 1.29 is 27.4 Å². The molecule has 7 nitrogen and oxygen atoms in total. The summed E-state index contributed by atoms with van der Waals surface area (Å²) in [5.74, 6) is -1.00. The monoisotopic (exact) mass is 566 g/mol. The highest BCUT2D eigenvalue weighted by Gasteiger charge is 2.72. The van der Waals surface area contributed by atoms with E-state index in [0.29, 0.717) is 11.1 Å². The van der Waals surface area contributed by atoms with E-state index >= 15 is 0 Å². The summed E-state index contributed by atoms with van der Waals surface area (Å²) in [6.07, 6.45) is 0.0931. The van der Waals surface area contributed by atoms with Gasteiger partial charge in [0.25, 0.3) is 0 Å². The van der Waals surface area contributed by atoms with E-state index < -0.39 is 45.4 Å². The summed E-state index contributed by atoms with van der Waals surface area (Å²) < 4.78 is 45.4. The molecule has 1 amide bonds. The number of sulfone groups is 1. The molecule has 2 aliphatic rings. The van der Waals surface area contributed by atoms with E-state index in [1.54, 1.807) is 19.1 Å². The molecule has 1 aliphatic heterocycles. The van der Waals surface area contributed by atoms with Gasteiger partial charge in [-0.25, -0.2) is 22.5 Å². The van der Waals surface area contributed by atoms with Crippen LogP contribution in [-0.4, -0.2) is 61.4 Å². The molecule has 1 N–H and O–H groups in total. The highest BCUT2D eigenvalue weighted by atomic mass is 79.9. The van der Waals surface area contributed by atoms with Gasteiger partial charge >= 0.3 is 6.09 Å². The molecule has 1 aromatic carbocycles. The van der Waals surface area contributed by atoms with Crippen LogP contribution in [0.2, 0.25) is 25.7 Å². The maximum absolute atomic E-state index is 14.9. The Hall–Kier alpha value is -0.953. The fraction of sp³-hybridized carbons (Fsp3) is 0.600. The van der Waals surface area contributed by atoms with E-state index in [4.69, 9.17) is 4.74 Å². The molecule has 12 heteroatoms. The van der Waals surface area contributed by atoms with E-state index in [9.17, 15) is 22.7 Å². The average molecular weight is 568 g/mol. The number of thioether (sulfide) groups is 1. The Morgan fingerprint density at radius 3 is 2.66 bits per heavy atom. The van der Waals surface area contributed by atoms with Crippen molar-refractivity contribution in [3.8, 4) is 0 Å². The van der Waals surface area contributed by atoms with Gasteiger partial charge in [0.15, 0.2) is 15.0 Å². The van der Waals surface area contributed by atoms with E-state index in [2.05, 4.69) is 40.6 Å². The predicted octanol–water partition coefficient (Wildman–Crippen LogP) is 4.96. The normalized spacial score (nSPS) is 27.5.